The van der Waals surface area contributed by atoms with Gasteiger partial charge in [-0.2, -0.15) is 0 Å². The molecule has 5 heteroatoms. The summed E-state index contributed by atoms with van der Waals surface area (Å²) in [6.07, 6.45) is 0. The van der Waals surface area contributed by atoms with Crippen LogP contribution in [0.5, 0.6) is 0 Å². The van der Waals surface area contributed by atoms with Crippen LogP contribution >= 0.6 is 23.2 Å². The number of pyridine rings is 1. The van der Waals surface area contributed by atoms with E-state index in [1.165, 1.54) is 0 Å². The number of fused-ring (bicyclic) bond motifs is 1. The zero-order chi connectivity index (χ0) is 18.1. The molecule has 3 nitrogen and oxygen atoms in total. The molecule has 0 saturated carbocycles. The molecule has 25 heavy (non-hydrogen) atoms. The van der Waals surface area contributed by atoms with Gasteiger partial charge in [0.15, 0.2) is 0 Å². The molecule has 3 rings (SSSR count). The molecule has 0 N–H and O–H groups in total. The van der Waals surface area contributed by atoms with E-state index in [1.807, 2.05) is 26.0 Å². The Hall–Kier alpha value is -2.10. The predicted molar refractivity (Wildman–Crippen MR) is 103 cm³/mol. The molecule has 0 bridgehead atoms. The lowest BCUT2D eigenvalue weighted by Gasteiger charge is -2.13. The standard InChI is InChI=1S/C20H17Cl2NO2/c1-4-25-20(24)16-10-18(14-6-5-13(21)9-17(14)22)23-19-12(3)7-11(2)8-15(16)19/h5-10H,4H2,1-3H3. The van der Waals surface area contributed by atoms with Gasteiger partial charge >= 0.3 is 5.97 Å². The van der Waals surface area contributed by atoms with Gasteiger partial charge in [0.1, 0.15) is 0 Å². The minimum Gasteiger partial charge on any atom is -0.462 e. The van der Waals surface area contributed by atoms with Crippen LogP contribution in [0.1, 0.15) is 28.4 Å². The van der Waals surface area contributed by atoms with E-state index in [4.69, 9.17) is 32.9 Å². The van der Waals surface area contributed by atoms with Crippen molar-refractivity contribution in [1.82, 2.24) is 4.98 Å². The van der Waals surface area contributed by atoms with Crippen LogP contribution in [-0.4, -0.2) is 17.6 Å². The molecule has 0 aliphatic heterocycles. The lowest BCUT2D eigenvalue weighted by molar-refractivity contribution is 0.0528. The molecule has 3 aromatic rings. The van der Waals surface area contributed by atoms with E-state index >= 15 is 0 Å². The number of nitrogens with zero attached hydrogens (tertiary/aromatic N) is 1. The van der Waals surface area contributed by atoms with E-state index in [0.29, 0.717) is 27.9 Å². The van der Waals surface area contributed by atoms with Crippen LogP contribution in [0.25, 0.3) is 22.2 Å². The van der Waals surface area contributed by atoms with Crippen molar-refractivity contribution in [2.24, 2.45) is 0 Å². The smallest absolute Gasteiger partial charge is 0.338 e. The topological polar surface area (TPSA) is 39.2 Å². The number of carbonyl (C=O) groups excluding carboxylic acids is 1. The lowest BCUT2D eigenvalue weighted by Crippen LogP contribution is -2.07. The minimum atomic E-state index is -0.369. The quantitative estimate of drug-likeness (QED) is 0.528. The van der Waals surface area contributed by atoms with E-state index in [1.54, 1.807) is 31.2 Å². The Morgan fingerprint density at radius 1 is 1.12 bits per heavy atom. The molecule has 0 atom stereocenters. The number of ether oxygens (including phenoxy) is 1. The number of aryl methyl sites for hydroxylation is 2. The third kappa shape index (κ3) is 3.48. The summed E-state index contributed by atoms with van der Waals surface area (Å²) in [6.45, 7) is 6.06. The Balaban J connectivity index is 2.32. The fraction of sp³-hybridized carbons (Fsp3) is 0.200. The number of hydrogen-bond donors (Lipinski definition) is 0. The Bertz CT molecular complexity index is 983. The number of hydrogen-bond acceptors (Lipinski definition) is 3. The van der Waals surface area contributed by atoms with Crippen molar-refractivity contribution in [2.45, 2.75) is 20.8 Å². The second-order valence-electron chi connectivity index (χ2n) is 5.88. The van der Waals surface area contributed by atoms with Crippen LogP contribution in [0.2, 0.25) is 10.0 Å². The van der Waals surface area contributed by atoms with Crippen LogP contribution in [0, 0.1) is 13.8 Å². The molecule has 0 unspecified atom stereocenters. The predicted octanol–water partition coefficient (Wildman–Crippen LogP) is 6.00. The van der Waals surface area contributed by atoms with Crippen LogP contribution in [-0.2, 0) is 4.74 Å². The lowest BCUT2D eigenvalue weighted by atomic mass is 10.00. The average molecular weight is 374 g/mol. The van der Waals surface area contributed by atoms with Crippen LogP contribution < -0.4 is 0 Å². The normalized spacial score (nSPS) is 10.9. The van der Waals surface area contributed by atoms with Crippen LogP contribution in [0.4, 0.5) is 0 Å². The maximum absolute atomic E-state index is 12.5. The molecular weight excluding hydrogens is 357 g/mol. The van der Waals surface area contributed by atoms with Crippen LogP contribution in [0.3, 0.4) is 0 Å². The van der Waals surface area contributed by atoms with E-state index in [2.05, 4.69) is 0 Å². The van der Waals surface area contributed by atoms with Crippen molar-refractivity contribution in [2.75, 3.05) is 6.61 Å². The van der Waals surface area contributed by atoms with Gasteiger partial charge in [-0.15, -0.1) is 0 Å². The molecule has 0 amide bonds. The molecule has 1 heterocycles. The van der Waals surface area contributed by atoms with Gasteiger partial charge in [-0.25, -0.2) is 9.78 Å². The third-order valence-corrected chi connectivity index (χ3v) is 4.50. The summed E-state index contributed by atoms with van der Waals surface area (Å²) < 4.78 is 5.24. The van der Waals surface area contributed by atoms with Gasteiger partial charge < -0.3 is 4.74 Å². The van der Waals surface area contributed by atoms with Gasteiger partial charge in [-0.1, -0.05) is 34.8 Å². The Kier molecular flexibility index (Phi) is 4.98. The zero-order valence-corrected chi connectivity index (χ0v) is 15.7. The van der Waals surface area contributed by atoms with Gasteiger partial charge in [0.25, 0.3) is 0 Å². The average Bonchev–Trinajstić information content (AvgIpc) is 2.54. The van der Waals surface area contributed by atoms with Gasteiger partial charge in [0.2, 0.25) is 0 Å². The first-order valence-electron chi connectivity index (χ1n) is 7.95. The summed E-state index contributed by atoms with van der Waals surface area (Å²) >= 11 is 12.3. The van der Waals surface area contributed by atoms with Gasteiger partial charge in [0.05, 0.1) is 28.4 Å². The highest BCUT2D eigenvalue weighted by molar-refractivity contribution is 6.36. The fourth-order valence-corrected chi connectivity index (χ4v) is 3.40. The number of carbonyl (C=O) groups is 1. The zero-order valence-electron chi connectivity index (χ0n) is 14.2. The summed E-state index contributed by atoms with van der Waals surface area (Å²) in [5, 5.41) is 1.82. The first-order chi connectivity index (χ1) is 11.9. The van der Waals surface area contributed by atoms with E-state index in [-0.39, 0.29) is 5.97 Å². The Morgan fingerprint density at radius 2 is 1.88 bits per heavy atom. The summed E-state index contributed by atoms with van der Waals surface area (Å²) in [5.41, 5.74) is 4.64. The van der Waals surface area contributed by atoms with E-state index < -0.39 is 0 Å². The summed E-state index contributed by atoms with van der Waals surface area (Å²) in [7, 11) is 0. The SMILES string of the molecule is CCOC(=O)c1cc(-c2ccc(Cl)cc2Cl)nc2c(C)cc(C)cc12. The molecule has 0 saturated heterocycles. The highest BCUT2D eigenvalue weighted by Crippen LogP contribution is 2.33. The van der Waals surface area contributed by atoms with Crippen molar-refractivity contribution in [3.8, 4) is 11.3 Å². The molecule has 128 valence electrons. The molecule has 0 radical (unpaired) electrons. The van der Waals surface area contributed by atoms with E-state index in [0.717, 1.165) is 27.6 Å². The number of rotatable bonds is 3. The Labute approximate surface area is 156 Å². The van der Waals surface area contributed by atoms with Crippen molar-refractivity contribution >= 4 is 40.1 Å². The van der Waals surface area contributed by atoms with Crippen molar-refractivity contribution in [1.29, 1.82) is 0 Å². The van der Waals surface area contributed by atoms with Crippen LogP contribution in [0.15, 0.2) is 36.4 Å². The summed E-state index contributed by atoms with van der Waals surface area (Å²) in [4.78, 5) is 17.2. The largest absolute Gasteiger partial charge is 0.462 e. The van der Waals surface area contributed by atoms with Crippen molar-refractivity contribution in [3.05, 3.63) is 63.1 Å². The minimum absolute atomic E-state index is 0.310. The fourth-order valence-electron chi connectivity index (χ4n) is 2.89. The molecule has 1 aromatic heterocycles. The molecular formula is C20H17Cl2NO2. The maximum Gasteiger partial charge on any atom is 0.338 e. The molecule has 0 aliphatic rings. The highest BCUT2D eigenvalue weighted by atomic mass is 35.5. The second kappa shape index (κ2) is 7.03. The Morgan fingerprint density at radius 3 is 2.56 bits per heavy atom. The summed E-state index contributed by atoms with van der Waals surface area (Å²) in [6, 6.07) is 10.9. The molecule has 0 spiro atoms. The first kappa shape index (κ1) is 17.7. The maximum atomic E-state index is 12.5. The second-order valence-corrected chi connectivity index (χ2v) is 6.72. The molecule has 2 aromatic carbocycles. The number of halogens is 2. The highest BCUT2D eigenvalue weighted by Gasteiger charge is 2.17. The van der Waals surface area contributed by atoms with Gasteiger partial charge in [-0.05, 0) is 56.7 Å². The van der Waals surface area contributed by atoms with Gasteiger partial charge in [0, 0.05) is 16.0 Å². The molecule has 0 fully saturated rings. The number of esters is 1. The summed E-state index contributed by atoms with van der Waals surface area (Å²) in [5.74, 6) is -0.369. The first-order valence-corrected chi connectivity index (χ1v) is 8.71. The van der Waals surface area contributed by atoms with Gasteiger partial charge in [-0.3, -0.25) is 0 Å². The van der Waals surface area contributed by atoms with E-state index in [9.17, 15) is 4.79 Å². The monoisotopic (exact) mass is 373 g/mol. The number of aromatic nitrogens is 1. The van der Waals surface area contributed by atoms with Crippen molar-refractivity contribution in [3.63, 3.8) is 0 Å². The third-order valence-electron chi connectivity index (χ3n) is 3.95. The number of benzene rings is 2. The molecule has 0 aliphatic carbocycles. The van der Waals surface area contributed by atoms with Crippen molar-refractivity contribution < 1.29 is 9.53 Å².